The van der Waals surface area contributed by atoms with Crippen LogP contribution in [0.2, 0.25) is 0 Å². The molecule has 0 aliphatic carbocycles. The topological polar surface area (TPSA) is 48.8 Å². The quantitative estimate of drug-likeness (QED) is 0.855. The monoisotopic (exact) mass is 296 g/mol. The minimum absolute atomic E-state index is 0.0587. The second-order valence-electron chi connectivity index (χ2n) is 4.47. The molecule has 0 amide bonds. The van der Waals surface area contributed by atoms with Gasteiger partial charge in [-0.1, -0.05) is 0 Å². The molecule has 0 spiro atoms. The van der Waals surface area contributed by atoms with Crippen molar-refractivity contribution in [1.29, 1.82) is 0 Å². The average molecular weight is 295 g/mol. The van der Waals surface area contributed by atoms with E-state index < -0.39 is 0 Å². The zero-order valence-corrected chi connectivity index (χ0v) is 11.4. The van der Waals surface area contributed by atoms with E-state index in [4.69, 9.17) is 0 Å². The molecular formula is C12H16N4Se. The summed E-state index contributed by atoms with van der Waals surface area (Å²) in [7, 11) is 0. The second kappa shape index (κ2) is 5.17. The van der Waals surface area contributed by atoms with Gasteiger partial charge in [0.1, 0.15) is 0 Å². The van der Waals surface area contributed by atoms with E-state index in [1.54, 1.807) is 0 Å². The third kappa shape index (κ3) is 2.51. The van der Waals surface area contributed by atoms with Gasteiger partial charge in [-0.05, 0) is 0 Å². The van der Waals surface area contributed by atoms with Crippen LogP contribution in [0.15, 0.2) is 26.1 Å². The summed E-state index contributed by atoms with van der Waals surface area (Å²) in [5.74, 6) is 0. The Labute approximate surface area is 107 Å². The zero-order valence-electron chi connectivity index (χ0n) is 9.65. The molecule has 17 heavy (non-hydrogen) atoms. The summed E-state index contributed by atoms with van der Waals surface area (Å²) < 4.78 is 8.87. The summed E-state index contributed by atoms with van der Waals surface area (Å²) in [6, 6.07) is 6.79. The number of rotatable bonds is 3. The van der Waals surface area contributed by atoms with Gasteiger partial charge in [0.25, 0.3) is 0 Å². The van der Waals surface area contributed by atoms with Crippen LogP contribution in [0.3, 0.4) is 0 Å². The molecule has 1 fully saturated rings. The molecule has 0 aromatic heterocycles. The van der Waals surface area contributed by atoms with E-state index in [2.05, 4.69) is 30.7 Å². The van der Waals surface area contributed by atoms with Gasteiger partial charge in [-0.15, -0.1) is 0 Å². The van der Waals surface area contributed by atoms with E-state index in [0.717, 1.165) is 30.2 Å². The molecule has 2 N–H and O–H groups in total. The fourth-order valence-corrected chi connectivity index (χ4v) is 3.43. The molecule has 1 atom stereocenters. The number of benzene rings is 1. The third-order valence-electron chi connectivity index (χ3n) is 3.24. The molecule has 2 aliphatic heterocycles. The predicted molar refractivity (Wildman–Crippen MR) is 70.5 cm³/mol. The van der Waals surface area contributed by atoms with Crippen LogP contribution < -0.4 is 10.6 Å². The van der Waals surface area contributed by atoms with E-state index in [0.29, 0.717) is 6.04 Å². The molecular weight excluding hydrogens is 279 g/mol. The summed E-state index contributed by atoms with van der Waals surface area (Å²) in [4.78, 5) is 0. The molecule has 2 heterocycles. The molecule has 2 aliphatic rings. The molecule has 0 radical (unpaired) electrons. The molecule has 1 unspecified atom stereocenters. The van der Waals surface area contributed by atoms with Crippen LogP contribution >= 0.6 is 0 Å². The van der Waals surface area contributed by atoms with Crippen molar-refractivity contribution in [2.75, 3.05) is 18.4 Å². The van der Waals surface area contributed by atoms with Crippen molar-refractivity contribution in [1.82, 2.24) is 5.32 Å². The maximum atomic E-state index is 4.48. The molecule has 1 saturated heterocycles. The van der Waals surface area contributed by atoms with Crippen molar-refractivity contribution in [3.63, 3.8) is 0 Å². The third-order valence-corrected chi connectivity index (χ3v) is 4.38. The van der Waals surface area contributed by atoms with Crippen LogP contribution in [0, 0.1) is 0 Å². The molecule has 1 aromatic rings. The number of nitrogens with zero attached hydrogens (tertiary/aromatic N) is 2. The Bertz CT molecular complexity index is 473. The number of anilines is 1. The standard InChI is InChI=1S/C12H16N4Se/c1-2-7-13-9(4-1)8-14-10-5-3-6-11-12(10)16-17-15-11/h3,5-6,9,13-14H,1-2,4,7-8H2. The van der Waals surface area contributed by atoms with Crippen LogP contribution in [-0.4, -0.2) is 33.7 Å². The Kier molecular flexibility index (Phi) is 3.41. The van der Waals surface area contributed by atoms with Gasteiger partial charge < -0.3 is 0 Å². The summed E-state index contributed by atoms with van der Waals surface area (Å²) in [5.41, 5.74) is 3.24. The van der Waals surface area contributed by atoms with Gasteiger partial charge in [-0.2, -0.15) is 0 Å². The average Bonchev–Trinajstić information content (AvgIpc) is 2.86. The minimum atomic E-state index is 0.0587. The van der Waals surface area contributed by atoms with Crippen molar-refractivity contribution in [3.8, 4) is 0 Å². The van der Waals surface area contributed by atoms with Crippen LogP contribution in [-0.2, 0) is 0 Å². The van der Waals surface area contributed by atoms with E-state index in [9.17, 15) is 0 Å². The van der Waals surface area contributed by atoms with Gasteiger partial charge in [-0.3, -0.25) is 0 Å². The van der Waals surface area contributed by atoms with E-state index in [1.807, 2.05) is 6.07 Å². The van der Waals surface area contributed by atoms with Crippen molar-refractivity contribution in [2.45, 2.75) is 25.3 Å². The number of hydrogen-bond donors (Lipinski definition) is 2. The van der Waals surface area contributed by atoms with Gasteiger partial charge in [-0.25, -0.2) is 0 Å². The number of fused-ring (bicyclic) bond motifs is 1. The Morgan fingerprint density at radius 3 is 3.24 bits per heavy atom. The summed E-state index contributed by atoms with van der Waals surface area (Å²) in [6.45, 7) is 2.14. The van der Waals surface area contributed by atoms with Crippen LogP contribution in [0.25, 0.3) is 0 Å². The maximum absolute atomic E-state index is 4.48. The van der Waals surface area contributed by atoms with Gasteiger partial charge >= 0.3 is 107 Å². The zero-order chi connectivity index (χ0) is 11.5. The van der Waals surface area contributed by atoms with E-state index >= 15 is 0 Å². The first-order valence-electron chi connectivity index (χ1n) is 6.12. The van der Waals surface area contributed by atoms with Crippen LogP contribution in [0.4, 0.5) is 17.1 Å². The number of hydrogen-bond acceptors (Lipinski definition) is 4. The molecule has 0 saturated carbocycles. The first kappa shape index (κ1) is 11.2. The first-order chi connectivity index (χ1) is 8.43. The normalized spacial score (nSPS) is 22.0. The van der Waals surface area contributed by atoms with Crippen molar-refractivity contribution in [2.24, 2.45) is 7.92 Å². The van der Waals surface area contributed by atoms with Crippen LogP contribution in [0.5, 0.6) is 0 Å². The van der Waals surface area contributed by atoms with Crippen molar-refractivity contribution < 1.29 is 0 Å². The predicted octanol–water partition coefficient (Wildman–Crippen LogP) is 2.59. The van der Waals surface area contributed by atoms with E-state index in [-0.39, 0.29) is 14.6 Å². The molecule has 4 nitrogen and oxygen atoms in total. The summed E-state index contributed by atoms with van der Waals surface area (Å²) in [5, 5.41) is 7.05. The first-order valence-corrected chi connectivity index (χ1v) is 7.65. The molecule has 0 bridgehead atoms. The second-order valence-corrected chi connectivity index (χ2v) is 5.57. The molecule has 1 aromatic carbocycles. The fraction of sp³-hybridized carbons (Fsp3) is 0.500. The van der Waals surface area contributed by atoms with Crippen molar-refractivity contribution in [3.05, 3.63) is 18.2 Å². The Balaban J connectivity index is 1.65. The number of nitrogens with one attached hydrogen (secondary N) is 2. The van der Waals surface area contributed by atoms with Gasteiger partial charge in [0.05, 0.1) is 0 Å². The fourth-order valence-electron chi connectivity index (χ4n) is 2.28. The molecule has 90 valence electrons. The van der Waals surface area contributed by atoms with Gasteiger partial charge in [0.15, 0.2) is 0 Å². The number of piperidine rings is 1. The van der Waals surface area contributed by atoms with E-state index in [1.165, 1.54) is 19.3 Å². The Morgan fingerprint density at radius 2 is 2.35 bits per heavy atom. The Hall–Kier alpha value is -0.901. The summed E-state index contributed by atoms with van der Waals surface area (Å²) >= 11 is 0.0587. The summed E-state index contributed by atoms with van der Waals surface area (Å²) in [6.07, 6.45) is 3.93. The molecule has 5 heteroatoms. The Morgan fingerprint density at radius 1 is 1.35 bits per heavy atom. The van der Waals surface area contributed by atoms with Gasteiger partial charge in [0, 0.05) is 0 Å². The SMILES string of the molecule is c1cc2c(c(NCC3CCCCN3)c1)N=[Se]=N2. The van der Waals surface area contributed by atoms with Gasteiger partial charge in [0.2, 0.25) is 0 Å². The molecule has 3 rings (SSSR count). The van der Waals surface area contributed by atoms with Crippen LogP contribution in [0.1, 0.15) is 19.3 Å². The van der Waals surface area contributed by atoms with Crippen molar-refractivity contribution >= 4 is 31.6 Å².